The molecule has 2 saturated heterocycles. The van der Waals surface area contributed by atoms with Gasteiger partial charge in [-0.3, -0.25) is 4.79 Å². The van der Waals surface area contributed by atoms with Gasteiger partial charge in [0.25, 0.3) is 0 Å². The molecule has 3 unspecified atom stereocenters. The largest absolute Gasteiger partial charge is 0.338 e. The van der Waals surface area contributed by atoms with Crippen molar-refractivity contribution in [3.05, 3.63) is 0 Å². The highest BCUT2D eigenvalue weighted by atomic mass is 16.2. The van der Waals surface area contributed by atoms with E-state index >= 15 is 0 Å². The average molecular weight is 252 g/mol. The third kappa shape index (κ3) is 3.25. The Hall–Kier alpha value is -0.570. The van der Waals surface area contributed by atoms with Crippen molar-refractivity contribution in [3.63, 3.8) is 0 Å². The molecule has 0 aromatic rings. The molecule has 3 atom stereocenters. The van der Waals surface area contributed by atoms with Crippen molar-refractivity contribution in [2.75, 3.05) is 13.1 Å². The summed E-state index contributed by atoms with van der Waals surface area (Å²) in [5, 5.41) is 3.58. The Balaban J connectivity index is 1.96. The van der Waals surface area contributed by atoms with Crippen LogP contribution in [0.3, 0.4) is 0 Å². The number of carbonyl (C=O) groups excluding carboxylic acids is 1. The van der Waals surface area contributed by atoms with Gasteiger partial charge in [-0.1, -0.05) is 20.3 Å². The van der Waals surface area contributed by atoms with Gasteiger partial charge in [0.15, 0.2) is 0 Å². The number of likely N-dealkylation sites (tertiary alicyclic amines) is 1. The molecule has 2 fully saturated rings. The molecule has 0 aromatic carbocycles. The van der Waals surface area contributed by atoms with E-state index in [-0.39, 0.29) is 0 Å². The Labute approximate surface area is 111 Å². The minimum Gasteiger partial charge on any atom is -0.338 e. The smallest absolute Gasteiger partial charge is 0.223 e. The molecule has 0 spiro atoms. The van der Waals surface area contributed by atoms with Gasteiger partial charge >= 0.3 is 0 Å². The molecule has 1 amide bonds. The maximum atomic E-state index is 12.4. The molecule has 0 aromatic heterocycles. The Kier molecular flexibility index (Phi) is 5.04. The molecule has 0 bridgehead atoms. The predicted octanol–water partition coefficient (Wildman–Crippen LogP) is 2.56. The molecule has 0 radical (unpaired) electrons. The monoisotopic (exact) mass is 252 g/mol. The lowest BCUT2D eigenvalue weighted by atomic mass is 9.93. The van der Waals surface area contributed by atoms with E-state index in [2.05, 4.69) is 24.1 Å². The van der Waals surface area contributed by atoms with Crippen molar-refractivity contribution in [2.45, 2.75) is 70.9 Å². The number of hydrogen-bond acceptors (Lipinski definition) is 2. The molecule has 2 heterocycles. The van der Waals surface area contributed by atoms with Crippen LogP contribution in [-0.2, 0) is 4.79 Å². The molecule has 104 valence electrons. The highest BCUT2D eigenvalue weighted by Crippen LogP contribution is 2.25. The van der Waals surface area contributed by atoms with Crippen LogP contribution in [0.1, 0.15) is 58.8 Å². The fraction of sp³-hybridized carbons (Fsp3) is 0.933. The molecule has 3 nitrogen and oxygen atoms in total. The van der Waals surface area contributed by atoms with Gasteiger partial charge in [0.05, 0.1) is 0 Å². The number of rotatable bonds is 4. The van der Waals surface area contributed by atoms with Crippen molar-refractivity contribution >= 4 is 5.91 Å². The molecule has 18 heavy (non-hydrogen) atoms. The van der Waals surface area contributed by atoms with Crippen molar-refractivity contribution in [2.24, 2.45) is 5.92 Å². The zero-order chi connectivity index (χ0) is 13.0. The van der Waals surface area contributed by atoms with Crippen LogP contribution in [0.2, 0.25) is 0 Å². The second kappa shape index (κ2) is 6.55. The number of hydrogen-bond donors (Lipinski definition) is 1. The second-order valence-corrected chi connectivity index (χ2v) is 6.07. The van der Waals surface area contributed by atoms with Gasteiger partial charge in [-0.15, -0.1) is 0 Å². The van der Waals surface area contributed by atoms with E-state index in [1.165, 1.54) is 32.1 Å². The first-order valence-electron chi connectivity index (χ1n) is 7.75. The zero-order valence-corrected chi connectivity index (χ0v) is 12.0. The predicted molar refractivity (Wildman–Crippen MR) is 74.4 cm³/mol. The maximum Gasteiger partial charge on any atom is 0.223 e. The second-order valence-electron chi connectivity index (χ2n) is 6.07. The Morgan fingerprint density at radius 3 is 2.83 bits per heavy atom. The van der Waals surface area contributed by atoms with Gasteiger partial charge in [0, 0.05) is 25.0 Å². The van der Waals surface area contributed by atoms with Crippen molar-refractivity contribution in [1.82, 2.24) is 10.2 Å². The number of nitrogens with zero attached hydrogens (tertiary/aromatic N) is 1. The minimum atomic E-state index is 0.391. The van der Waals surface area contributed by atoms with Crippen LogP contribution in [0.15, 0.2) is 0 Å². The summed E-state index contributed by atoms with van der Waals surface area (Å²) >= 11 is 0. The summed E-state index contributed by atoms with van der Waals surface area (Å²) in [5.74, 6) is 0.916. The fourth-order valence-electron chi connectivity index (χ4n) is 3.28. The van der Waals surface area contributed by atoms with Gasteiger partial charge in [0.1, 0.15) is 0 Å². The molecule has 2 aliphatic heterocycles. The lowest BCUT2D eigenvalue weighted by Crippen LogP contribution is -2.52. The lowest BCUT2D eigenvalue weighted by molar-refractivity contribution is -0.136. The molecular weight excluding hydrogens is 224 g/mol. The molecule has 2 rings (SSSR count). The summed E-state index contributed by atoms with van der Waals surface area (Å²) in [4.78, 5) is 14.6. The molecular formula is C15H28N2O. The molecule has 2 aliphatic rings. The molecule has 1 N–H and O–H groups in total. The fourth-order valence-corrected chi connectivity index (χ4v) is 3.28. The summed E-state index contributed by atoms with van der Waals surface area (Å²) < 4.78 is 0. The highest BCUT2D eigenvalue weighted by Gasteiger charge is 2.34. The SMILES string of the molecule is CCC(C)CC(=O)N1CCCCC1C1CCCN1. The van der Waals surface area contributed by atoms with Crippen LogP contribution >= 0.6 is 0 Å². The van der Waals surface area contributed by atoms with Gasteiger partial charge in [-0.2, -0.15) is 0 Å². The maximum absolute atomic E-state index is 12.4. The van der Waals surface area contributed by atoms with Crippen LogP contribution in [0.5, 0.6) is 0 Å². The third-order valence-corrected chi connectivity index (χ3v) is 4.65. The number of piperidine rings is 1. The van der Waals surface area contributed by atoms with Crippen molar-refractivity contribution in [3.8, 4) is 0 Å². The van der Waals surface area contributed by atoms with E-state index in [9.17, 15) is 4.79 Å². The average Bonchev–Trinajstić information content (AvgIpc) is 2.92. The van der Waals surface area contributed by atoms with E-state index in [0.29, 0.717) is 23.9 Å². The van der Waals surface area contributed by atoms with Crippen LogP contribution in [0.4, 0.5) is 0 Å². The van der Waals surface area contributed by atoms with Crippen LogP contribution in [0, 0.1) is 5.92 Å². The molecule has 0 aliphatic carbocycles. The standard InChI is InChI=1S/C15H28N2O/c1-3-12(2)11-15(18)17-10-5-4-8-14(17)13-7-6-9-16-13/h12-14,16H,3-11H2,1-2H3. The first-order valence-corrected chi connectivity index (χ1v) is 7.75. The van der Waals surface area contributed by atoms with E-state index in [4.69, 9.17) is 0 Å². The third-order valence-electron chi connectivity index (χ3n) is 4.65. The molecule has 0 saturated carbocycles. The first kappa shape index (κ1) is 13.9. The summed E-state index contributed by atoms with van der Waals surface area (Å²) in [6.07, 6.45) is 8.04. The van der Waals surface area contributed by atoms with Gasteiger partial charge in [-0.25, -0.2) is 0 Å². The number of amides is 1. The van der Waals surface area contributed by atoms with Gasteiger partial charge in [-0.05, 0) is 44.6 Å². The summed E-state index contributed by atoms with van der Waals surface area (Å²) in [6, 6.07) is 1.03. The summed E-state index contributed by atoms with van der Waals surface area (Å²) in [5.41, 5.74) is 0. The van der Waals surface area contributed by atoms with E-state index in [1.807, 2.05) is 0 Å². The van der Waals surface area contributed by atoms with Crippen LogP contribution in [0.25, 0.3) is 0 Å². The van der Waals surface area contributed by atoms with Crippen LogP contribution < -0.4 is 5.32 Å². The zero-order valence-electron chi connectivity index (χ0n) is 12.0. The van der Waals surface area contributed by atoms with Gasteiger partial charge < -0.3 is 10.2 Å². The lowest BCUT2D eigenvalue weighted by Gasteiger charge is -2.39. The quantitative estimate of drug-likeness (QED) is 0.834. The van der Waals surface area contributed by atoms with E-state index < -0.39 is 0 Å². The number of carbonyl (C=O) groups is 1. The Morgan fingerprint density at radius 1 is 1.33 bits per heavy atom. The van der Waals surface area contributed by atoms with E-state index in [1.54, 1.807) is 0 Å². The molecule has 3 heteroatoms. The van der Waals surface area contributed by atoms with E-state index in [0.717, 1.165) is 25.9 Å². The Morgan fingerprint density at radius 2 is 2.17 bits per heavy atom. The topological polar surface area (TPSA) is 32.3 Å². The summed E-state index contributed by atoms with van der Waals surface area (Å²) in [6.45, 7) is 6.47. The van der Waals surface area contributed by atoms with Crippen molar-refractivity contribution < 1.29 is 4.79 Å². The highest BCUT2D eigenvalue weighted by molar-refractivity contribution is 5.77. The van der Waals surface area contributed by atoms with Gasteiger partial charge in [0.2, 0.25) is 5.91 Å². The Bertz CT molecular complexity index is 274. The summed E-state index contributed by atoms with van der Waals surface area (Å²) in [7, 11) is 0. The first-order chi connectivity index (χ1) is 8.72. The normalized spacial score (nSPS) is 30.4. The van der Waals surface area contributed by atoms with Crippen LogP contribution in [-0.4, -0.2) is 36.0 Å². The minimum absolute atomic E-state index is 0.391. The van der Waals surface area contributed by atoms with Crippen molar-refractivity contribution in [1.29, 1.82) is 0 Å². The number of nitrogens with one attached hydrogen (secondary N) is 1.